The van der Waals surface area contributed by atoms with Crippen LogP contribution in [0.3, 0.4) is 0 Å². The third-order valence-electron chi connectivity index (χ3n) is 2.44. The van der Waals surface area contributed by atoms with Crippen molar-refractivity contribution in [2.45, 2.75) is 38.5 Å². The summed E-state index contributed by atoms with van der Waals surface area (Å²) in [7, 11) is -3.12. The zero-order valence-electron chi connectivity index (χ0n) is 9.40. The molecule has 0 amide bonds. The van der Waals surface area contributed by atoms with Gasteiger partial charge >= 0.3 is 0 Å². The van der Waals surface area contributed by atoms with Crippen LogP contribution in [0, 0.1) is 13.8 Å². The molecule has 0 aliphatic heterocycles. The summed E-state index contributed by atoms with van der Waals surface area (Å²) in [5, 5.41) is -0.184. The zero-order chi connectivity index (χ0) is 11.8. The van der Waals surface area contributed by atoms with Gasteiger partial charge in [0.15, 0.2) is 0 Å². The van der Waals surface area contributed by atoms with Crippen molar-refractivity contribution < 1.29 is 8.42 Å². The Hall–Kier alpha value is -1.01. The first-order valence-corrected chi connectivity index (χ1v) is 6.81. The minimum absolute atomic E-state index is 0.184. The standard InChI is InChI=1S/C10H15N3O2S/c1-7-5-9(13-8(2)12-7)6-11-16(14,15)10-3-4-10/h5,10-11H,3-4,6H2,1-2H3. The molecule has 1 aliphatic rings. The summed E-state index contributed by atoms with van der Waals surface area (Å²) >= 11 is 0. The highest BCUT2D eigenvalue weighted by atomic mass is 32.2. The third-order valence-corrected chi connectivity index (χ3v) is 4.33. The van der Waals surface area contributed by atoms with Crippen molar-refractivity contribution in [1.29, 1.82) is 0 Å². The first-order chi connectivity index (χ1) is 7.47. The molecule has 0 bridgehead atoms. The second-order valence-electron chi connectivity index (χ2n) is 4.11. The Morgan fingerprint density at radius 3 is 2.62 bits per heavy atom. The Balaban J connectivity index is 2.04. The van der Waals surface area contributed by atoms with Crippen molar-refractivity contribution >= 4 is 10.0 Å². The van der Waals surface area contributed by atoms with E-state index in [1.165, 1.54) is 0 Å². The van der Waals surface area contributed by atoms with E-state index in [1.807, 2.05) is 6.92 Å². The average molecular weight is 241 g/mol. The molecule has 1 fully saturated rings. The summed E-state index contributed by atoms with van der Waals surface area (Å²) in [6.45, 7) is 3.92. The van der Waals surface area contributed by atoms with Crippen LogP contribution in [0.5, 0.6) is 0 Å². The lowest BCUT2D eigenvalue weighted by Crippen LogP contribution is -2.27. The molecule has 2 rings (SSSR count). The SMILES string of the molecule is Cc1cc(CNS(=O)(=O)C2CC2)nc(C)n1. The van der Waals surface area contributed by atoms with Gasteiger partial charge < -0.3 is 0 Å². The van der Waals surface area contributed by atoms with Crippen molar-refractivity contribution in [3.05, 3.63) is 23.3 Å². The van der Waals surface area contributed by atoms with E-state index in [2.05, 4.69) is 14.7 Å². The molecular weight excluding hydrogens is 226 g/mol. The van der Waals surface area contributed by atoms with E-state index >= 15 is 0 Å². The number of rotatable bonds is 4. The Morgan fingerprint density at radius 1 is 1.38 bits per heavy atom. The first kappa shape index (κ1) is 11.5. The van der Waals surface area contributed by atoms with Crippen molar-refractivity contribution in [3.8, 4) is 0 Å². The van der Waals surface area contributed by atoms with Gasteiger partial charge in [-0.05, 0) is 32.8 Å². The van der Waals surface area contributed by atoms with Crippen LogP contribution >= 0.6 is 0 Å². The number of nitrogens with zero attached hydrogens (tertiary/aromatic N) is 2. The Kier molecular flexibility index (Phi) is 2.94. The van der Waals surface area contributed by atoms with E-state index in [1.54, 1.807) is 13.0 Å². The number of aromatic nitrogens is 2. The molecule has 1 saturated carbocycles. The van der Waals surface area contributed by atoms with Gasteiger partial charge in [-0.25, -0.2) is 23.1 Å². The van der Waals surface area contributed by atoms with Crippen LogP contribution < -0.4 is 4.72 Å². The highest BCUT2D eigenvalue weighted by Gasteiger charge is 2.35. The maximum atomic E-state index is 11.6. The smallest absolute Gasteiger partial charge is 0.214 e. The molecule has 1 heterocycles. The monoisotopic (exact) mass is 241 g/mol. The Labute approximate surface area is 95.4 Å². The predicted molar refractivity (Wildman–Crippen MR) is 60.3 cm³/mol. The summed E-state index contributed by atoms with van der Waals surface area (Å²) < 4.78 is 25.7. The van der Waals surface area contributed by atoms with Gasteiger partial charge in [0.25, 0.3) is 0 Å². The largest absolute Gasteiger partial charge is 0.239 e. The Bertz CT molecular complexity index is 475. The van der Waals surface area contributed by atoms with Gasteiger partial charge in [0, 0.05) is 5.69 Å². The molecule has 0 radical (unpaired) electrons. The van der Waals surface area contributed by atoms with Crippen LogP contribution in [0.2, 0.25) is 0 Å². The minimum atomic E-state index is -3.12. The summed E-state index contributed by atoms with van der Waals surface area (Å²) in [4.78, 5) is 8.32. The maximum Gasteiger partial charge on any atom is 0.214 e. The highest BCUT2D eigenvalue weighted by Crippen LogP contribution is 2.27. The van der Waals surface area contributed by atoms with E-state index in [4.69, 9.17) is 0 Å². The molecule has 0 saturated heterocycles. The molecule has 0 spiro atoms. The molecule has 1 aromatic rings. The summed E-state index contributed by atoms with van der Waals surface area (Å²) in [5.41, 5.74) is 1.57. The molecule has 1 aromatic heterocycles. The van der Waals surface area contributed by atoms with E-state index in [9.17, 15) is 8.42 Å². The lowest BCUT2D eigenvalue weighted by atomic mass is 10.3. The minimum Gasteiger partial charge on any atom is -0.239 e. The van der Waals surface area contributed by atoms with Gasteiger partial charge in [0.1, 0.15) is 5.82 Å². The molecule has 1 aliphatic carbocycles. The van der Waals surface area contributed by atoms with Gasteiger partial charge in [-0.3, -0.25) is 0 Å². The maximum absolute atomic E-state index is 11.6. The van der Waals surface area contributed by atoms with Crippen molar-refractivity contribution in [3.63, 3.8) is 0 Å². The van der Waals surface area contributed by atoms with E-state index in [0.717, 1.165) is 18.5 Å². The quantitative estimate of drug-likeness (QED) is 0.841. The molecule has 1 N–H and O–H groups in total. The second kappa shape index (κ2) is 4.10. The molecule has 5 nitrogen and oxygen atoms in total. The number of nitrogens with one attached hydrogen (secondary N) is 1. The topological polar surface area (TPSA) is 72.0 Å². The van der Waals surface area contributed by atoms with Gasteiger partial charge in [0.05, 0.1) is 17.5 Å². The molecule has 0 unspecified atom stereocenters. The van der Waals surface area contributed by atoms with Gasteiger partial charge in [-0.1, -0.05) is 0 Å². The third kappa shape index (κ3) is 2.76. The fourth-order valence-electron chi connectivity index (χ4n) is 1.56. The average Bonchev–Trinajstić information content (AvgIpc) is 2.96. The molecule has 0 aromatic carbocycles. The molecule has 0 atom stereocenters. The van der Waals surface area contributed by atoms with Crippen LogP contribution in [0.1, 0.15) is 30.1 Å². The molecule has 6 heteroatoms. The van der Waals surface area contributed by atoms with E-state index < -0.39 is 10.0 Å². The fraction of sp³-hybridized carbons (Fsp3) is 0.600. The highest BCUT2D eigenvalue weighted by molar-refractivity contribution is 7.90. The van der Waals surface area contributed by atoms with Crippen LogP contribution in [-0.2, 0) is 16.6 Å². The number of hydrogen-bond acceptors (Lipinski definition) is 4. The lowest BCUT2D eigenvalue weighted by Gasteiger charge is -2.06. The number of aryl methyl sites for hydroxylation is 2. The summed E-state index contributed by atoms with van der Waals surface area (Å²) in [6, 6.07) is 1.79. The second-order valence-corrected chi connectivity index (χ2v) is 6.16. The van der Waals surface area contributed by atoms with Crippen LogP contribution in [0.4, 0.5) is 0 Å². The number of hydrogen-bond donors (Lipinski definition) is 1. The molecule has 16 heavy (non-hydrogen) atoms. The van der Waals surface area contributed by atoms with Crippen LogP contribution in [-0.4, -0.2) is 23.6 Å². The van der Waals surface area contributed by atoms with E-state index in [0.29, 0.717) is 11.5 Å². The summed E-state index contributed by atoms with van der Waals surface area (Å²) in [5.74, 6) is 0.667. The van der Waals surface area contributed by atoms with Crippen molar-refractivity contribution in [2.75, 3.05) is 0 Å². The summed E-state index contributed by atoms with van der Waals surface area (Å²) in [6.07, 6.45) is 1.55. The van der Waals surface area contributed by atoms with E-state index in [-0.39, 0.29) is 11.8 Å². The molecular formula is C10H15N3O2S. The lowest BCUT2D eigenvalue weighted by molar-refractivity contribution is 0.578. The normalized spacial score (nSPS) is 16.4. The van der Waals surface area contributed by atoms with Gasteiger partial charge in [-0.15, -0.1) is 0 Å². The van der Waals surface area contributed by atoms with Gasteiger partial charge in [-0.2, -0.15) is 0 Å². The number of sulfonamides is 1. The van der Waals surface area contributed by atoms with Crippen LogP contribution in [0.15, 0.2) is 6.07 Å². The first-order valence-electron chi connectivity index (χ1n) is 5.27. The predicted octanol–water partition coefficient (Wildman–Crippen LogP) is 0.675. The Morgan fingerprint density at radius 2 is 2.06 bits per heavy atom. The van der Waals surface area contributed by atoms with Crippen molar-refractivity contribution in [2.24, 2.45) is 0 Å². The van der Waals surface area contributed by atoms with Gasteiger partial charge in [0.2, 0.25) is 10.0 Å². The molecule has 88 valence electrons. The fourth-order valence-corrected chi connectivity index (χ4v) is 2.90. The van der Waals surface area contributed by atoms with Crippen LogP contribution in [0.25, 0.3) is 0 Å². The van der Waals surface area contributed by atoms with Crippen molar-refractivity contribution in [1.82, 2.24) is 14.7 Å². The zero-order valence-corrected chi connectivity index (χ0v) is 10.2.